The van der Waals surface area contributed by atoms with Gasteiger partial charge in [0.2, 0.25) is 0 Å². The van der Waals surface area contributed by atoms with Crippen LogP contribution >= 0.6 is 7.75 Å². The molecule has 1 aliphatic rings. The highest BCUT2D eigenvalue weighted by Crippen LogP contribution is 2.39. The fraction of sp³-hybridized carbons (Fsp3) is 0.214. The summed E-state index contributed by atoms with van der Waals surface area (Å²) in [6, 6.07) is 5.67. The summed E-state index contributed by atoms with van der Waals surface area (Å²) in [6.07, 6.45) is 2.99. The molecular weight excluding hydrogens is 325 g/mol. The zero-order valence-electron chi connectivity index (χ0n) is 11.8. The third-order valence-electron chi connectivity index (χ3n) is 3.23. The Balaban J connectivity index is 2.34. The summed E-state index contributed by atoms with van der Waals surface area (Å²) >= 11 is 0. The molecule has 1 atom stereocenters. The normalized spacial score (nSPS) is 20.6. The summed E-state index contributed by atoms with van der Waals surface area (Å²) in [5.74, 6) is -4.06. The third-order valence-corrected chi connectivity index (χ3v) is 3.72. The molecule has 23 heavy (non-hydrogen) atoms. The lowest BCUT2D eigenvalue weighted by Gasteiger charge is -2.31. The van der Waals surface area contributed by atoms with Gasteiger partial charge in [0, 0.05) is 6.42 Å². The Labute approximate surface area is 131 Å². The first-order chi connectivity index (χ1) is 10.6. The van der Waals surface area contributed by atoms with E-state index in [2.05, 4.69) is 4.76 Å². The molecule has 124 valence electrons. The minimum Gasteiger partial charge on any atom is -0.508 e. The van der Waals surface area contributed by atoms with Crippen molar-refractivity contribution in [2.45, 2.75) is 12.2 Å². The van der Waals surface area contributed by atoms with E-state index in [9.17, 15) is 25.0 Å². The number of hydrogen-bond acceptors (Lipinski definition) is 5. The van der Waals surface area contributed by atoms with Crippen LogP contribution in [0, 0.1) is 5.92 Å². The van der Waals surface area contributed by atoms with Gasteiger partial charge in [-0.25, -0.2) is 4.57 Å². The second-order valence-electron chi connectivity index (χ2n) is 5.16. The van der Waals surface area contributed by atoms with Crippen LogP contribution in [0.15, 0.2) is 53.0 Å². The lowest BCUT2D eigenvalue weighted by atomic mass is 9.85. The Morgan fingerprint density at radius 3 is 2.26 bits per heavy atom. The quantitative estimate of drug-likeness (QED) is 0.350. The number of aliphatic hydroxyl groups excluding tert-OH is 1. The van der Waals surface area contributed by atoms with E-state index >= 15 is 0 Å². The van der Waals surface area contributed by atoms with Gasteiger partial charge in [0.1, 0.15) is 11.5 Å². The van der Waals surface area contributed by atoms with Crippen molar-refractivity contribution in [1.29, 1.82) is 0 Å². The minimum absolute atomic E-state index is 0.0112. The van der Waals surface area contributed by atoms with E-state index in [4.69, 9.17) is 9.79 Å². The van der Waals surface area contributed by atoms with E-state index in [1.165, 1.54) is 24.3 Å². The zero-order chi connectivity index (χ0) is 17.3. The van der Waals surface area contributed by atoms with Crippen LogP contribution in [-0.2, 0) is 11.0 Å². The smallest absolute Gasteiger partial charge is 0.448 e. The molecule has 0 spiro atoms. The number of rotatable bonds is 4. The van der Waals surface area contributed by atoms with Gasteiger partial charge in [-0.15, -0.1) is 0 Å². The van der Waals surface area contributed by atoms with Gasteiger partial charge < -0.3 is 30.2 Å². The average molecular weight is 341 g/mol. The Kier molecular flexibility index (Phi) is 4.74. The molecule has 1 aliphatic carbocycles. The monoisotopic (exact) mass is 341 g/mol. The van der Waals surface area contributed by atoms with Gasteiger partial charge in [0.05, 0.1) is 11.6 Å². The first kappa shape index (κ1) is 17.4. The summed E-state index contributed by atoms with van der Waals surface area (Å²) in [6.45, 7) is 0. The summed E-state index contributed by atoms with van der Waals surface area (Å²) in [5.41, 5.74) is 0.200. The van der Waals surface area contributed by atoms with E-state index < -0.39 is 19.5 Å². The van der Waals surface area contributed by atoms with Gasteiger partial charge >= 0.3 is 7.75 Å². The van der Waals surface area contributed by atoms with E-state index in [0.29, 0.717) is 5.56 Å². The maximum atomic E-state index is 11.0. The highest BCUT2D eigenvalue weighted by Gasteiger charge is 2.38. The molecule has 9 heteroatoms. The number of hydrogen-bond donors (Lipinski definition) is 6. The topological polar surface area (TPSA) is 151 Å². The Morgan fingerprint density at radius 2 is 1.70 bits per heavy atom. The molecule has 0 saturated carbocycles. The SMILES string of the molecule is O=P(O)(O)/N=C1\C=CC(O)=CC1C(O)(O)Cc1ccc(O)cc1. The highest BCUT2D eigenvalue weighted by atomic mass is 31.2. The first-order valence-electron chi connectivity index (χ1n) is 6.54. The third kappa shape index (κ3) is 4.75. The summed E-state index contributed by atoms with van der Waals surface area (Å²) in [4.78, 5) is 17.9. The number of phenolic OH excluding ortho intramolecular Hbond substituents is 1. The van der Waals surface area contributed by atoms with Gasteiger partial charge in [0.25, 0.3) is 0 Å². The molecule has 1 aromatic rings. The molecule has 1 unspecified atom stereocenters. The van der Waals surface area contributed by atoms with E-state index in [-0.39, 0.29) is 23.6 Å². The molecular formula is C14H16NO7P. The number of aromatic hydroxyl groups is 1. The van der Waals surface area contributed by atoms with Gasteiger partial charge in [-0.3, -0.25) is 0 Å². The molecule has 1 aromatic carbocycles. The number of aliphatic hydroxyl groups is 3. The number of phenols is 1. The second-order valence-corrected chi connectivity index (χ2v) is 6.39. The lowest BCUT2D eigenvalue weighted by Crippen LogP contribution is -2.43. The van der Waals surface area contributed by atoms with Gasteiger partial charge in [-0.05, 0) is 35.9 Å². The molecule has 0 amide bonds. The molecule has 0 aromatic heterocycles. The Morgan fingerprint density at radius 1 is 1.09 bits per heavy atom. The van der Waals surface area contributed by atoms with Crippen molar-refractivity contribution >= 4 is 13.5 Å². The number of allylic oxidation sites excluding steroid dienone is 2. The predicted molar refractivity (Wildman–Crippen MR) is 81.8 cm³/mol. The first-order valence-corrected chi connectivity index (χ1v) is 8.10. The molecule has 8 nitrogen and oxygen atoms in total. The van der Waals surface area contributed by atoms with Crippen LogP contribution in [0.25, 0.3) is 0 Å². The van der Waals surface area contributed by atoms with Crippen molar-refractivity contribution in [2.24, 2.45) is 10.7 Å². The highest BCUT2D eigenvalue weighted by molar-refractivity contribution is 7.50. The number of benzene rings is 1. The summed E-state index contributed by atoms with van der Waals surface area (Å²) < 4.78 is 14.2. The molecule has 0 aliphatic heterocycles. The van der Waals surface area contributed by atoms with Gasteiger partial charge in [-0.2, -0.15) is 4.76 Å². The van der Waals surface area contributed by atoms with Crippen molar-refractivity contribution in [1.82, 2.24) is 0 Å². The van der Waals surface area contributed by atoms with Crippen LogP contribution in [0.5, 0.6) is 5.75 Å². The molecule has 0 radical (unpaired) electrons. The zero-order valence-corrected chi connectivity index (χ0v) is 12.7. The number of nitrogens with zero attached hydrogens (tertiary/aromatic N) is 1. The average Bonchev–Trinajstić information content (AvgIpc) is 2.41. The summed E-state index contributed by atoms with van der Waals surface area (Å²) in [7, 11) is -4.78. The van der Waals surface area contributed by atoms with Crippen molar-refractivity contribution in [3.8, 4) is 5.75 Å². The van der Waals surface area contributed by atoms with Gasteiger partial charge in [-0.1, -0.05) is 12.1 Å². The summed E-state index contributed by atoms with van der Waals surface area (Å²) in [5, 5.41) is 39.4. The molecule has 0 bridgehead atoms. The van der Waals surface area contributed by atoms with E-state index in [1.54, 1.807) is 0 Å². The van der Waals surface area contributed by atoms with Crippen molar-refractivity contribution in [3.05, 3.63) is 53.8 Å². The standard InChI is InChI=1S/C14H16NO7P/c16-10-3-1-9(2-4-10)8-14(18,19)12-7-11(17)5-6-13(12)15-23(20,21)22/h1-7,12,16-19H,8H2,(H2,20,21,22)/b15-13+. The maximum absolute atomic E-state index is 11.0. The lowest BCUT2D eigenvalue weighted by molar-refractivity contribution is -0.172. The fourth-order valence-corrected chi connectivity index (χ4v) is 2.72. The van der Waals surface area contributed by atoms with Crippen LogP contribution in [0.3, 0.4) is 0 Å². The maximum Gasteiger partial charge on any atom is 0.448 e. The largest absolute Gasteiger partial charge is 0.508 e. The predicted octanol–water partition coefficient (Wildman–Crippen LogP) is 0.777. The molecule has 0 heterocycles. The van der Waals surface area contributed by atoms with Crippen molar-refractivity contribution in [2.75, 3.05) is 0 Å². The van der Waals surface area contributed by atoms with Crippen molar-refractivity contribution in [3.63, 3.8) is 0 Å². The Bertz CT molecular complexity index is 715. The van der Waals surface area contributed by atoms with Crippen LogP contribution in [0.4, 0.5) is 0 Å². The van der Waals surface area contributed by atoms with Crippen LogP contribution in [0.1, 0.15) is 5.56 Å². The molecule has 6 N–H and O–H groups in total. The van der Waals surface area contributed by atoms with Gasteiger partial charge in [0.15, 0.2) is 5.79 Å². The fourth-order valence-electron chi connectivity index (χ4n) is 2.23. The van der Waals surface area contributed by atoms with E-state index in [1.807, 2.05) is 0 Å². The Hall–Kier alpha value is -1.96. The molecule has 0 saturated heterocycles. The minimum atomic E-state index is -4.78. The molecule has 2 rings (SSSR count). The molecule has 0 fully saturated rings. The van der Waals surface area contributed by atoms with Crippen LogP contribution in [-0.4, -0.2) is 41.7 Å². The van der Waals surface area contributed by atoms with Crippen molar-refractivity contribution < 1.29 is 34.8 Å². The van der Waals surface area contributed by atoms with Crippen LogP contribution in [0.2, 0.25) is 0 Å². The van der Waals surface area contributed by atoms with Crippen LogP contribution < -0.4 is 0 Å². The second kappa shape index (κ2) is 6.27. The van der Waals surface area contributed by atoms with E-state index in [0.717, 1.165) is 18.2 Å².